The smallest absolute Gasteiger partial charge is 0.173 e. The molecule has 26 heavy (non-hydrogen) atoms. The van der Waals surface area contributed by atoms with E-state index in [1.807, 2.05) is 25.6 Å². The normalized spacial score (nSPS) is 32.8. The number of aryl methyl sites for hydroxylation is 3. The van der Waals surface area contributed by atoms with Crippen LogP contribution in [-0.4, -0.2) is 33.6 Å². The fourth-order valence-electron chi connectivity index (χ4n) is 5.34. The Bertz CT molecular complexity index is 787. The Labute approximate surface area is 160 Å². The molecule has 0 amide bonds. The molecule has 140 valence electrons. The molecule has 1 aliphatic carbocycles. The molecule has 4 heteroatoms. The zero-order valence-electron chi connectivity index (χ0n) is 16.3. The second kappa shape index (κ2) is 6.13. The van der Waals surface area contributed by atoms with Gasteiger partial charge in [0, 0.05) is 5.75 Å². The van der Waals surface area contributed by atoms with Crippen LogP contribution in [0, 0.1) is 32.6 Å². The summed E-state index contributed by atoms with van der Waals surface area (Å²) in [6.07, 6.45) is 1.85. The van der Waals surface area contributed by atoms with Gasteiger partial charge in [-0.3, -0.25) is 4.79 Å². The first kappa shape index (κ1) is 18.1. The quantitative estimate of drug-likeness (QED) is 0.827. The molecule has 1 N–H and O–H groups in total. The number of hydrogen-bond donors (Lipinski definition) is 1. The van der Waals surface area contributed by atoms with Crippen LogP contribution < -0.4 is 0 Å². The van der Waals surface area contributed by atoms with E-state index >= 15 is 0 Å². The Kier molecular flexibility index (Phi) is 4.27. The Morgan fingerprint density at radius 2 is 1.92 bits per heavy atom. The lowest BCUT2D eigenvalue weighted by molar-refractivity contribution is -0.121. The van der Waals surface area contributed by atoms with Gasteiger partial charge in [-0.25, -0.2) is 0 Å². The zero-order chi connectivity index (χ0) is 18.8. The number of Topliss-reactive ketones (excluding diaryl/α,β-unsaturated/α-hetero) is 1. The van der Waals surface area contributed by atoms with Crippen LogP contribution in [0.25, 0.3) is 5.57 Å². The standard InChI is InChI=1S/C22H28O3S/c1-11(2)26-10-22-7-6-15(25-22)17-19(22)21(24)18(20(17)23)16-13(4)8-12(3)9-14(16)5/h8-9,11,15,17,19,23H,6-7,10H2,1-5H3/t15-,17-,19+,22-/m0/s1. The third-order valence-electron chi connectivity index (χ3n) is 6.25. The molecule has 0 saturated carbocycles. The topological polar surface area (TPSA) is 46.5 Å². The van der Waals surface area contributed by atoms with E-state index in [1.165, 1.54) is 5.56 Å². The summed E-state index contributed by atoms with van der Waals surface area (Å²) in [7, 11) is 0. The lowest BCUT2D eigenvalue weighted by Crippen LogP contribution is -2.43. The maximum atomic E-state index is 13.5. The summed E-state index contributed by atoms with van der Waals surface area (Å²) in [4.78, 5) is 13.5. The summed E-state index contributed by atoms with van der Waals surface area (Å²) in [6.45, 7) is 10.5. The van der Waals surface area contributed by atoms with Crippen LogP contribution in [-0.2, 0) is 9.53 Å². The predicted octanol–water partition coefficient (Wildman–Crippen LogP) is 4.77. The van der Waals surface area contributed by atoms with Crippen molar-refractivity contribution in [2.24, 2.45) is 11.8 Å². The number of thioether (sulfide) groups is 1. The van der Waals surface area contributed by atoms with E-state index < -0.39 is 5.60 Å². The number of rotatable bonds is 4. The van der Waals surface area contributed by atoms with Crippen LogP contribution in [0.3, 0.4) is 0 Å². The van der Waals surface area contributed by atoms with E-state index in [4.69, 9.17) is 4.74 Å². The molecule has 4 rings (SSSR count). The van der Waals surface area contributed by atoms with Crippen molar-refractivity contribution in [2.45, 2.75) is 64.4 Å². The molecule has 0 spiro atoms. The van der Waals surface area contributed by atoms with Crippen molar-refractivity contribution in [1.82, 2.24) is 0 Å². The number of carbonyl (C=O) groups is 1. The van der Waals surface area contributed by atoms with Crippen molar-refractivity contribution in [1.29, 1.82) is 0 Å². The molecule has 0 radical (unpaired) electrons. The second-order valence-electron chi connectivity index (χ2n) is 8.52. The first-order chi connectivity index (χ1) is 12.2. The first-order valence-corrected chi connectivity index (χ1v) is 10.6. The van der Waals surface area contributed by atoms with E-state index in [0.717, 1.165) is 35.3 Å². The number of allylic oxidation sites excluding steroid dienone is 1. The third kappa shape index (κ3) is 2.49. The van der Waals surface area contributed by atoms with Gasteiger partial charge in [0.15, 0.2) is 5.78 Å². The lowest BCUT2D eigenvalue weighted by atomic mass is 9.73. The minimum atomic E-state index is -0.399. The van der Waals surface area contributed by atoms with Crippen molar-refractivity contribution >= 4 is 23.1 Å². The highest BCUT2D eigenvalue weighted by molar-refractivity contribution is 7.99. The van der Waals surface area contributed by atoms with Crippen molar-refractivity contribution in [2.75, 3.05) is 5.75 Å². The Hall–Kier alpha value is -1.26. The molecule has 4 atom stereocenters. The van der Waals surface area contributed by atoms with Crippen molar-refractivity contribution in [3.8, 4) is 0 Å². The minimum Gasteiger partial charge on any atom is -0.511 e. The lowest BCUT2D eigenvalue weighted by Gasteiger charge is -2.32. The van der Waals surface area contributed by atoms with Gasteiger partial charge in [0.1, 0.15) is 5.76 Å². The number of aliphatic hydroxyl groups excluding tert-OH is 1. The number of ether oxygens (including phenoxy) is 1. The number of carbonyl (C=O) groups excluding carboxylic acids is 1. The second-order valence-corrected chi connectivity index (χ2v) is 10.1. The number of fused-ring (bicyclic) bond motifs is 5. The predicted molar refractivity (Wildman–Crippen MR) is 107 cm³/mol. The molecule has 1 aromatic rings. The largest absolute Gasteiger partial charge is 0.511 e. The number of hydrogen-bond acceptors (Lipinski definition) is 4. The summed E-state index contributed by atoms with van der Waals surface area (Å²) < 4.78 is 6.35. The van der Waals surface area contributed by atoms with Gasteiger partial charge in [-0.1, -0.05) is 31.5 Å². The van der Waals surface area contributed by atoms with Crippen LogP contribution >= 0.6 is 11.8 Å². The highest BCUT2D eigenvalue weighted by atomic mass is 32.2. The highest BCUT2D eigenvalue weighted by Gasteiger charge is 2.66. The van der Waals surface area contributed by atoms with Crippen LogP contribution in [0.15, 0.2) is 17.9 Å². The van der Waals surface area contributed by atoms with Crippen molar-refractivity contribution < 1.29 is 14.6 Å². The minimum absolute atomic E-state index is 0.0136. The fraction of sp³-hybridized carbons (Fsp3) is 0.591. The van der Waals surface area contributed by atoms with Gasteiger partial charge in [-0.15, -0.1) is 0 Å². The summed E-state index contributed by atoms with van der Waals surface area (Å²) >= 11 is 1.86. The molecule has 0 unspecified atom stereocenters. The third-order valence-corrected chi connectivity index (χ3v) is 7.58. The molecule has 2 saturated heterocycles. The van der Waals surface area contributed by atoms with E-state index in [1.54, 1.807) is 0 Å². The Morgan fingerprint density at radius 1 is 1.27 bits per heavy atom. The van der Waals surface area contributed by atoms with E-state index in [9.17, 15) is 9.90 Å². The van der Waals surface area contributed by atoms with Crippen molar-refractivity contribution in [3.63, 3.8) is 0 Å². The van der Waals surface area contributed by atoms with Crippen LogP contribution in [0.2, 0.25) is 0 Å². The SMILES string of the molecule is Cc1cc(C)c(C2=C(O)[C@H]3[C@@H]4CC[C@@](CSC(C)C)(O4)[C@H]3C2=O)c(C)c1. The molecule has 2 fully saturated rings. The number of ketones is 1. The molecule has 2 bridgehead atoms. The first-order valence-electron chi connectivity index (χ1n) is 9.60. The summed E-state index contributed by atoms with van der Waals surface area (Å²) in [5.41, 5.74) is 4.40. The van der Waals surface area contributed by atoms with E-state index in [0.29, 0.717) is 10.8 Å². The molecule has 1 aromatic carbocycles. The van der Waals surface area contributed by atoms with E-state index in [2.05, 4.69) is 32.9 Å². The Balaban J connectivity index is 1.76. The van der Waals surface area contributed by atoms with Crippen LogP contribution in [0.4, 0.5) is 0 Å². The molecule has 2 aliphatic heterocycles. The zero-order valence-corrected chi connectivity index (χ0v) is 17.1. The van der Waals surface area contributed by atoms with Gasteiger partial charge in [0.05, 0.1) is 29.1 Å². The Morgan fingerprint density at radius 3 is 2.54 bits per heavy atom. The fourth-order valence-corrected chi connectivity index (χ4v) is 6.35. The summed E-state index contributed by atoms with van der Waals surface area (Å²) in [5.74, 6) is 0.826. The van der Waals surface area contributed by atoms with Gasteiger partial charge in [-0.05, 0) is 55.6 Å². The van der Waals surface area contributed by atoms with Gasteiger partial charge >= 0.3 is 0 Å². The van der Waals surface area contributed by atoms with Crippen molar-refractivity contribution in [3.05, 3.63) is 40.1 Å². The molecule has 0 aromatic heterocycles. The van der Waals surface area contributed by atoms with Gasteiger partial charge < -0.3 is 9.84 Å². The molecule has 3 aliphatic rings. The highest BCUT2D eigenvalue weighted by Crippen LogP contribution is 2.60. The van der Waals surface area contributed by atoms with Gasteiger partial charge in [-0.2, -0.15) is 11.8 Å². The molecule has 3 nitrogen and oxygen atoms in total. The summed E-state index contributed by atoms with van der Waals surface area (Å²) in [5, 5.41) is 11.6. The monoisotopic (exact) mass is 372 g/mol. The average Bonchev–Trinajstić information content (AvgIpc) is 3.18. The maximum Gasteiger partial charge on any atom is 0.173 e. The molecule has 2 heterocycles. The maximum absolute atomic E-state index is 13.5. The van der Waals surface area contributed by atoms with Crippen LogP contribution in [0.1, 0.15) is 48.9 Å². The number of aliphatic hydroxyl groups is 1. The van der Waals surface area contributed by atoms with Crippen LogP contribution in [0.5, 0.6) is 0 Å². The van der Waals surface area contributed by atoms with Gasteiger partial charge in [0.25, 0.3) is 0 Å². The van der Waals surface area contributed by atoms with Gasteiger partial charge in [0.2, 0.25) is 0 Å². The molecular weight excluding hydrogens is 344 g/mol. The molecular formula is C22H28O3S. The average molecular weight is 373 g/mol. The van der Waals surface area contributed by atoms with E-state index in [-0.39, 0.29) is 29.5 Å². The number of benzene rings is 1. The summed E-state index contributed by atoms with van der Waals surface area (Å²) in [6, 6.07) is 4.19.